The Balaban J connectivity index is 1.12. The minimum Gasteiger partial charge on any atom is -0.379 e. The van der Waals surface area contributed by atoms with E-state index in [-0.39, 0.29) is 23.9 Å². The van der Waals surface area contributed by atoms with Crippen LogP contribution in [0.3, 0.4) is 0 Å². The largest absolute Gasteiger partial charge is 0.379 e. The molecule has 2 atom stereocenters. The van der Waals surface area contributed by atoms with Gasteiger partial charge in [-0.1, -0.05) is 6.08 Å². The third-order valence-electron chi connectivity index (χ3n) is 7.62. The first kappa shape index (κ1) is 28.2. The number of carbonyl (C=O) groups is 1. The zero-order chi connectivity index (χ0) is 27.7. The molecule has 3 heterocycles. The summed E-state index contributed by atoms with van der Waals surface area (Å²) < 4.78 is 26.9. The number of amides is 2. The highest BCUT2D eigenvalue weighted by Gasteiger charge is 2.26. The topological polar surface area (TPSA) is 103 Å². The molecule has 1 saturated carbocycles. The molecule has 0 aliphatic heterocycles. The average molecular weight is 551 g/mol. The van der Waals surface area contributed by atoms with Crippen molar-refractivity contribution in [2.45, 2.75) is 70.4 Å². The van der Waals surface area contributed by atoms with Gasteiger partial charge in [-0.3, -0.25) is 4.98 Å². The maximum Gasteiger partial charge on any atom is 0.315 e. The molecule has 0 saturated heterocycles. The number of urea groups is 1. The minimum atomic E-state index is -0.362. The number of hydrogen-bond donors (Lipinski definition) is 2. The van der Waals surface area contributed by atoms with E-state index in [4.69, 9.17) is 14.5 Å². The number of ether oxygens (including phenoxy) is 2. The number of pyridine rings is 1. The number of unbranched alkanes of at least 4 members (excludes halogenated alkanes) is 2. The molecule has 40 heavy (non-hydrogen) atoms. The Bertz CT molecular complexity index is 1330. The van der Waals surface area contributed by atoms with Gasteiger partial charge in [-0.25, -0.2) is 19.2 Å². The number of rotatable bonds is 13. The van der Waals surface area contributed by atoms with Crippen molar-refractivity contribution in [1.29, 1.82) is 0 Å². The van der Waals surface area contributed by atoms with Crippen molar-refractivity contribution < 1.29 is 18.7 Å². The summed E-state index contributed by atoms with van der Waals surface area (Å²) in [7, 11) is 0. The number of carbonyl (C=O) groups excluding carboxylic acids is 1. The van der Waals surface area contributed by atoms with Gasteiger partial charge in [0.2, 0.25) is 0 Å². The van der Waals surface area contributed by atoms with Crippen LogP contribution in [0.25, 0.3) is 16.6 Å². The summed E-state index contributed by atoms with van der Waals surface area (Å²) in [6.07, 6.45) is 14.6. The molecule has 2 aliphatic carbocycles. The second-order valence-electron chi connectivity index (χ2n) is 10.5. The predicted molar refractivity (Wildman–Crippen MR) is 151 cm³/mol. The standard InChI is InChI=1S/C30H39FN6O3/c1-2-39-15-16-40-14-5-3-4-12-32-30(38)35-23-7-6-8-24(18-23)37-13-11-21-19-34-28(36-29(21)37)25-9-10-27-26(25)17-22(31)20-33-27/h9,11,13,17,19-20,23-24H,2-8,10,12,14-16,18H2,1H3,(H2,32,35,38)/t23-,24+/m1/s1. The lowest BCUT2D eigenvalue weighted by molar-refractivity contribution is 0.0513. The van der Waals surface area contributed by atoms with Gasteiger partial charge >= 0.3 is 6.03 Å². The molecule has 0 unspecified atom stereocenters. The van der Waals surface area contributed by atoms with Gasteiger partial charge in [-0.15, -0.1) is 0 Å². The molecule has 0 aromatic carbocycles. The van der Waals surface area contributed by atoms with Crippen LogP contribution in [0.1, 0.15) is 75.0 Å². The highest BCUT2D eigenvalue weighted by molar-refractivity contribution is 5.84. The second-order valence-corrected chi connectivity index (χ2v) is 10.5. The minimum absolute atomic E-state index is 0.103. The highest BCUT2D eigenvalue weighted by atomic mass is 19.1. The Labute approximate surface area is 234 Å². The van der Waals surface area contributed by atoms with Crippen LogP contribution in [0.4, 0.5) is 9.18 Å². The van der Waals surface area contributed by atoms with Crippen LogP contribution in [0.2, 0.25) is 0 Å². The highest BCUT2D eigenvalue weighted by Crippen LogP contribution is 2.34. The Hall–Kier alpha value is -3.37. The average Bonchev–Trinajstić information content (AvgIpc) is 3.58. The summed E-state index contributed by atoms with van der Waals surface area (Å²) in [5, 5.41) is 7.14. The van der Waals surface area contributed by atoms with E-state index in [0.717, 1.165) is 79.4 Å². The zero-order valence-corrected chi connectivity index (χ0v) is 23.2. The number of hydrogen-bond acceptors (Lipinski definition) is 6. The fourth-order valence-electron chi connectivity index (χ4n) is 5.60. The lowest BCUT2D eigenvalue weighted by Gasteiger charge is -2.31. The first-order chi connectivity index (χ1) is 19.6. The molecule has 3 aromatic heterocycles. The van der Waals surface area contributed by atoms with Crippen molar-refractivity contribution in [3.05, 3.63) is 59.7 Å². The molecule has 5 rings (SSSR count). The van der Waals surface area contributed by atoms with Crippen LogP contribution in [0, 0.1) is 5.82 Å². The number of aromatic nitrogens is 4. The Morgan fingerprint density at radius 1 is 1.12 bits per heavy atom. The summed E-state index contributed by atoms with van der Waals surface area (Å²) in [6.45, 7) is 5.35. The Morgan fingerprint density at radius 2 is 2.02 bits per heavy atom. The van der Waals surface area contributed by atoms with Crippen LogP contribution in [-0.4, -0.2) is 64.6 Å². The first-order valence-electron chi connectivity index (χ1n) is 14.5. The van der Waals surface area contributed by atoms with E-state index in [0.29, 0.717) is 38.6 Å². The smallest absolute Gasteiger partial charge is 0.315 e. The molecule has 9 nitrogen and oxygen atoms in total. The van der Waals surface area contributed by atoms with Crippen molar-refractivity contribution in [2.75, 3.05) is 33.0 Å². The van der Waals surface area contributed by atoms with Gasteiger partial charge in [0, 0.05) is 67.2 Å². The SMILES string of the molecule is CCOCCOCCCCCNC(=O)N[C@@H]1CCC[C@H](n2ccc3cnc(C4=CCc5ncc(F)cc54)nc32)C1. The van der Waals surface area contributed by atoms with Crippen LogP contribution in [0.5, 0.6) is 0 Å². The lowest BCUT2D eigenvalue weighted by Crippen LogP contribution is -2.44. The maximum atomic E-state index is 13.9. The first-order valence-corrected chi connectivity index (χ1v) is 14.5. The molecule has 2 N–H and O–H groups in total. The molecule has 3 aromatic rings. The number of nitrogens with zero attached hydrogens (tertiary/aromatic N) is 4. The molecular formula is C30H39FN6O3. The molecule has 0 radical (unpaired) electrons. The molecule has 2 aliphatic rings. The molecule has 0 bridgehead atoms. The van der Waals surface area contributed by atoms with Gasteiger partial charge in [-0.05, 0) is 64.0 Å². The predicted octanol–water partition coefficient (Wildman–Crippen LogP) is 4.96. The number of allylic oxidation sites excluding steroid dienone is 1. The second kappa shape index (κ2) is 13.8. The van der Waals surface area contributed by atoms with Gasteiger partial charge in [0.25, 0.3) is 0 Å². The number of nitrogens with one attached hydrogen (secondary N) is 2. The van der Waals surface area contributed by atoms with Crippen LogP contribution in [0.15, 0.2) is 36.8 Å². The van der Waals surface area contributed by atoms with Gasteiger partial charge in [-0.2, -0.15) is 0 Å². The zero-order valence-electron chi connectivity index (χ0n) is 23.2. The maximum absolute atomic E-state index is 13.9. The molecule has 10 heteroatoms. The van der Waals surface area contributed by atoms with E-state index in [9.17, 15) is 9.18 Å². The molecule has 214 valence electrons. The van der Waals surface area contributed by atoms with Crippen molar-refractivity contribution in [1.82, 2.24) is 30.2 Å². The fourth-order valence-corrected chi connectivity index (χ4v) is 5.60. The summed E-state index contributed by atoms with van der Waals surface area (Å²) in [5.74, 6) is 0.222. The van der Waals surface area contributed by atoms with E-state index in [1.807, 2.05) is 25.3 Å². The quantitative estimate of drug-likeness (QED) is 0.292. The summed E-state index contributed by atoms with van der Waals surface area (Å²) in [5.41, 5.74) is 3.29. The van der Waals surface area contributed by atoms with Gasteiger partial charge in [0.1, 0.15) is 11.5 Å². The van der Waals surface area contributed by atoms with E-state index >= 15 is 0 Å². The number of halogens is 1. The van der Waals surface area contributed by atoms with Crippen molar-refractivity contribution in [3.63, 3.8) is 0 Å². The Kier molecular flexibility index (Phi) is 9.72. The van der Waals surface area contributed by atoms with Gasteiger partial charge < -0.3 is 24.7 Å². The van der Waals surface area contributed by atoms with E-state index < -0.39 is 0 Å². The third kappa shape index (κ3) is 7.03. The molecule has 0 spiro atoms. The normalized spacial score (nSPS) is 18.5. The van der Waals surface area contributed by atoms with Crippen LogP contribution >= 0.6 is 0 Å². The van der Waals surface area contributed by atoms with Crippen LogP contribution < -0.4 is 10.6 Å². The Morgan fingerprint density at radius 3 is 2.92 bits per heavy atom. The van der Waals surface area contributed by atoms with Crippen LogP contribution in [-0.2, 0) is 15.9 Å². The summed E-state index contributed by atoms with van der Waals surface area (Å²) >= 11 is 0. The van der Waals surface area contributed by atoms with E-state index in [2.05, 4.69) is 31.4 Å². The van der Waals surface area contributed by atoms with Gasteiger partial charge in [0.15, 0.2) is 5.82 Å². The number of fused-ring (bicyclic) bond motifs is 2. The van der Waals surface area contributed by atoms with Gasteiger partial charge in [0.05, 0.1) is 25.1 Å². The fraction of sp³-hybridized carbons (Fsp3) is 0.533. The third-order valence-corrected chi connectivity index (χ3v) is 7.62. The molecule has 1 fully saturated rings. The molecule has 2 amide bonds. The van der Waals surface area contributed by atoms with E-state index in [1.54, 1.807) is 0 Å². The van der Waals surface area contributed by atoms with Crippen molar-refractivity contribution in [2.24, 2.45) is 0 Å². The summed E-state index contributed by atoms with van der Waals surface area (Å²) in [4.78, 5) is 26.3. The monoisotopic (exact) mass is 550 g/mol. The van der Waals surface area contributed by atoms with Crippen molar-refractivity contribution in [3.8, 4) is 0 Å². The van der Waals surface area contributed by atoms with Crippen molar-refractivity contribution >= 4 is 22.6 Å². The van der Waals surface area contributed by atoms with E-state index in [1.165, 1.54) is 12.3 Å². The molecular weight excluding hydrogens is 511 g/mol. The lowest BCUT2D eigenvalue weighted by atomic mass is 9.91. The summed E-state index contributed by atoms with van der Waals surface area (Å²) in [6, 6.07) is 3.77.